The van der Waals surface area contributed by atoms with E-state index in [-0.39, 0.29) is 16.6 Å². The van der Waals surface area contributed by atoms with Crippen molar-refractivity contribution in [2.24, 2.45) is 0 Å². The molecule has 1 aromatic heterocycles. The van der Waals surface area contributed by atoms with E-state index < -0.39 is 5.97 Å². The number of benzene rings is 1. The summed E-state index contributed by atoms with van der Waals surface area (Å²) in [4.78, 5) is 11.2. The second-order valence-electron chi connectivity index (χ2n) is 4.52. The van der Waals surface area contributed by atoms with Crippen molar-refractivity contribution in [3.63, 3.8) is 0 Å². The minimum atomic E-state index is -1.17. The normalized spacial score (nSPS) is 11.1. The molecule has 0 saturated carbocycles. The predicted molar refractivity (Wildman–Crippen MR) is 79.6 cm³/mol. The molecule has 7 heteroatoms. The number of carboxylic acids is 1. The summed E-state index contributed by atoms with van der Waals surface area (Å²) in [6.45, 7) is 3.81. The van der Waals surface area contributed by atoms with Gasteiger partial charge < -0.3 is 5.11 Å². The number of nitrogens with zero attached hydrogens (tertiary/aromatic N) is 2. The molecule has 0 aliphatic rings. The molecule has 2 rings (SSSR count). The molecule has 2 aromatic rings. The molecule has 0 saturated heterocycles. The van der Waals surface area contributed by atoms with Gasteiger partial charge in [-0.1, -0.05) is 48.7 Å². The average Bonchev–Trinajstić information content (AvgIpc) is 2.70. The van der Waals surface area contributed by atoms with Gasteiger partial charge >= 0.3 is 5.97 Å². The smallest absolute Gasteiger partial charge is 0.358 e. The Balaban J connectivity index is 2.69. The number of aromatic carboxylic acids is 1. The van der Waals surface area contributed by atoms with Crippen LogP contribution < -0.4 is 0 Å². The van der Waals surface area contributed by atoms with Crippen molar-refractivity contribution in [2.45, 2.75) is 19.8 Å². The van der Waals surface area contributed by atoms with Gasteiger partial charge in [0.05, 0.1) is 26.4 Å². The first-order chi connectivity index (χ1) is 9.32. The van der Waals surface area contributed by atoms with E-state index in [0.717, 1.165) is 0 Å². The molecule has 1 N–H and O–H groups in total. The lowest BCUT2D eigenvalue weighted by atomic mass is 10.1. The Hall–Kier alpha value is -1.23. The van der Waals surface area contributed by atoms with Crippen LogP contribution in [0.1, 0.15) is 35.9 Å². The second-order valence-corrected chi connectivity index (χ2v) is 5.71. The Labute approximate surface area is 130 Å². The molecule has 0 unspecified atom stereocenters. The quantitative estimate of drug-likeness (QED) is 0.889. The van der Waals surface area contributed by atoms with E-state index in [1.54, 1.807) is 18.2 Å². The third-order valence-electron chi connectivity index (χ3n) is 2.76. The summed E-state index contributed by atoms with van der Waals surface area (Å²) in [5.41, 5.74) is 1.04. The van der Waals surface area contributed by atoms with Gasteiger partial charge in [0, 0.05) is 0 Å². The van der Waals surface area contributed by atoms with Gasteiger partial charge in [-0.15, -0.1) is 0 Å². The lowest BCUT2D eigenvalue weighted by Gasteiger charge is -2.11. The number of hydrogen-bond donors (Lipinski definition) is 1. The Morgan fingerprint density at radius 1 is 1.25 bits per heavy atom. The van der Waals surface area contributed by atoms with E-state index >= 15 is 0 Å². The molecule has 106 valence electrons. The summed E-state index contributed by atoms with van der Waals surface area (Å²) in [5.74, 6) is -1.17. The number of aromatic nitrogens is 2. The molecule has 1 aromatic carbocycles. The first kappa shape index (κ1) is 15.2. The molecule has 0 bridgehead atoms. The van der Waals surface area contributed by atoms with Gasteiger partial charge in [-0.3, -0.25) is 0 Å². The molecule has 20 heavy (non-hydrogen) atoms. The maximum Gasteiger partial charge on any atom is 0.358 e. The third-order valence-corrected chi connectivity index (χ3v) is 3.87. The monoisotopic (exact) mass is 332 g/mol. The van der Waals surface area contributed by atoms with E-state index in [1.807, 2.05) is 13.8 Å². The van der Waals surface area contributed by atoms with Gasteiger partial charge in [-0.25, -0.2) is 9.48 Å². The maximum absolute atomic E-state index is 11.2. The standard InChI is InChI=1S/C13H11Cl3N2O2/c1-6(2)12-10(16)11(13(19)20)17-18(12)7-3-4-8(14)9(15)5-7/h3-6H,1-2H3,(H,19,20). The van der Waals surface area contributed by atoms with Crippen molar-refractivity contribution in [1.29, 1.82) is 0 Å². The minimum absolute atomic E-state index is 0.00227. The van der Waals surface area contributed by atoms with E-state index in [4.69, 9.17) is 39.9 Å². The fraction of sp³-hybridized carbons (Fsp3) is 0.231. The fourth-order valence-electron chi connectivity index (χ4n) is 1.86. The highest BCUT2D eigenvalue weighted by Gasteiger charge is 2.24. The zero-order valence-corrected chi connectivity index (χ0v) is 13.0. The van der Waals surface area contributed by atoms with Gasteiger partial charge in [-0.2, -0.15) is 5.10 Å². The van der Waals surface area contributed by atoms with Crippen molar-refractivity contribution in [3.8, 4) is 5.69 Å². The van der Waals surface area contributed by atoms with Crippen LogP contribution in [0.25, 0.3) is 5.69 Å². The van der Waals surface area contributed by atoms with Crippen LogP contribution >= 0.6 is 34.8 Å². The van der Waals surface area contributed by atoms with Crippen LogP contribution in [0.3, 0.4) is 0 Å². The Morgan fingerprint density at radius 2 is 1.90 bits per heavy atom. The van der Waals surface area contributed by atoms with Crippen molar-refractivity contribution >= 4 is 40.8 Å². The largest absolute Gasteiger partial charge is 0.476 e. The highest BCUT2D eigenvalue weighted by Crippen LogP contribution is 2.32. The van der Waals surface area contributed by atoms with Crippen LogP contribution in [-0.4, -0.2) is 20.9 Å². The van der Waals surface area contributed by atoms with Crippen LogP contribution in [0.15, 0.2) is 18.2 Å². The van der Waals surface area contributed by atoms with Crippen LogP contribution in [0.2, 0.25) is 15.1 Å². The molecule has 0 fully saturated rings. The van der Waals surface area contributed by atoms with Gasteiger partial charge in [-0.05, 0) is 24.1 Å². The molecular weight excluding hydrogens is 323 g/mol. The van der Waals surface area contributed by atoms with E-state index in [0.29, 0.717) is 21.4 Å². The molecule has 0 spiro atoms. The molecule has 0 aliphatic heterocycles. The summed E-state index contributed by atoms with van der Waals surface area (Å²) in [6.07, 6.45) is 0. The van der Waals surface area contributed by atoms with Crippen molar-refractivity contribution in [1.82, 2.24) is 9.78 Å². The Bertz CT molecular complexity index is 680. The molecule has 1 heterocycles. The lowest BCUT2D eigenvalue weighted by Crippen LogP contribution is -2.05. The summed E-state index contributed by atoms with van der Waals surface area (Å²) in [6, 6.07) is 4.94. The molecule has 0 amide bonds. The molecule has 0 radical (unpaired) electrons. The van der Waals surface area contributed by atoms with E-state index in [1.165, 1.54) is 4.68 Å². The highest BCUT2D eigenvalue weighted by molar-refractivity contribution is 6.42. The van der Waals surface area contributed by atoms with Gasteiger partial charge in [0.2, 0.25) is 0 Å². The van der Waals surface area contributed by atoms with Gasteiger partial charge in [0.25, 0.3) is 0 Å². The number of rotatable bonds is 3. The molecule has 0 aliphatic carbocycles. The van der Waals surface area contributed by atoms with E-state index in [2.05, 4.69) is 5.10 Å². The zero-order chi connectivity index (χ0) is 15.0. The van der Waals surface area contributed by atoms with Crippen molar-refractivity contribution in [3.05, 3.63) is 44.7 Å². The van der Waals surface area contributed by atoms with Gasteiger partial charge in [0.15, 0.2) is 5.69 Å². The third kappa shape index (κ3) is 2.64. The molecular formula is C13H11Cl3N2O2. The maximum atomic E-state index is 11.2. The SMILES string of the molecule is CC(C)c1c(Cl)c(C(=O)O)nn1-c1ccc(Cl)c(Cl)c1. The zero-order valence-electron chi connectivity index (χ0n) is 10.7. The summed E-state index contributed by atoms with van der Waals surface area (Å²) in [7, 11) is 0. The van der Waals surface area contributed by atoms with Crippen LogP contribution in [0.4, 0.5) is 0 Å². The number of carboxylic acid groups (broad SMARTS) is 1. The number of halogens is 3. The van der Waals surface area contributed by atoms with Gasteiger partial charge in [0.1, 0.15) is 0 Å². The Kier molecular flexibility index (Phi) is 4.28. The van der Waals surface area contributed by atoms with Crippen molar-refractivity contribution in [2.75, 3.05) is 0 Å². The van der Waals surface area contributed by atoms with Crippen LogP contribution in [0, 0.1) is 0 Å². The topological polar surface area (TPSA) is 55.1 Å². The summed E-state index contributed by atoms with van der Waals surface area (Å²) in [5, 5.41) is 14.1. The predicted octanol–water partition coefficient (Wildman–Crippen LogP) is 4.65. The van der Waals surface area contributed by atoms with Crippen molar-refractivity contribution < 1.29 is 9.90 Å². The second kappa shape index (κ2) is 5.64. The summed E-state index contributed by atoms with van der Waals surface area (Å²) < 4.78 is 1.48. The highest BCUT2D eigenvalue weighted by atomic mass is 35.5. The summed E-state index contributed by atoms with van der Waals surface area (Å²) >= 11 is 18.0. The first-order valence-electron chi connectivity index (χ1n) is 5.80. The Morgan fingerprint density at radius 3 is 2.40 bits per heavy atom. The fourth-order valence-corrected chi connectivity index (χ4v) is 2.57. The molecule has 4 nitrogen and oxygen atoms in total. The number of carbonyl (C=O) groups is 1. The minimum Gasteiger partial charge on any atom is -0.476 e. The number of hydrogen-bond acceptors (Lipinski definition) is 2. The van der Waals surface area contributed by atoms with Crippen LogP contribution in [-0.2, 0) is 0 Å². The average molecular weight is 334 g/mol. The van der Waals surface area contributed by atoms with E-state index in [9.17, 15) is 4.79 Å². The molecule has 0 atom stereocenters. The first-order valence-corrected chi connectivity index (χ1v) is 6.93. The van der Waals surface area contributed by atoms with Crippen LogP contribution in [0.5, 0.6) is 0 Å². The lowest BCUT2D eigenvalue weighted by molar-refractivity contribution is 0.0690.